The summed E-state index contributed by atoms with van der Waals surface area (Å²) < 4.78 is 5.73. The predicted molar refractivity (Wildman–Crippen MR) is 113 cm³/mol. The molecule has 4 nitrogen and oxygen atoms in total. The Morgan fingerprint density at radius 2 is 1.81 bits per heavy atom. The van der Waals surface area contributed by atoms with Crippen molar-refractivity contribution >= 4 is 23.1 Å². The first-order valence-electron chi connectivity index (χ1n) is 9.04. The van der Waals surface area contributed by atoms with Gasteiger partial charge in [0.1, 0.15) is 5.75 Å². The molecule has 0 aliphatic carbocycles. The largest absolute Gasteiger partial charge is 0.494 e. The second-order valence-electron chi connectivity index (χ2n) is 5.94. The molecule has 0 aliphatic heterocycles. The molecule has 26 heavy (non-hydrogen) atoms. The Balaban J connectivity index is 1.73. The van der Waals surface area contributed by atoms with E-state index in [0.29, 0.717) is 5.17 Å². The van der Waals surface area contributed by atoms with Gasteiger partial charge < -0.3 is 10.5 Å². The molecule has 0 saturated heterocycles. The van der Waals surface area contributed by atoms with Crippen LogP contribution in [-0.2, 0) is 5.75 Å². The number of thioether (sulfide) groups is 1. The Labute approximate surface area is 160 Å². The lowest BCUT2D eigenvalue weighted by Gasteiger charge is -2.05. The summed E-state index contributed by atoms with van der Waals surface area (Å²) in [5.74, 6) is 1.68. The zero-order valence-corrected chi connectivity index (χ0v) is 16.1. The van der Waals surface area contributed by atoms with Crippen LogP contribution in [0.15, 0.2) is 64.8 Å². The average Bonchev–Trinajstić information content (AvgIpc) is 2.68. The Kier molecular flexibility index (Phi) is 9.36. The number of ether oxygens (including phenoxy) is 1. The van der Waals surface area contributed by atoms with E-state index in [1.165, 1.54) is 36.6 Å². The van der Waals surface area contributed by atoms with Gasteiger partial charge in [-0.1, -0.05) is 68.3 Å². The number of hydrogen-bond donors (Lipinski definition) is 1. The summed E-state index contributed by atoms with van der Waals surface area (Å²) in [6.07, 6.45) is 6.54. The van der Waals surface area contributed by atoms with E-state index in [4.69, 9.17) is 10.5 Å². The van der Waals surface area contributed by atoms with E-state index < -0.39 is 0 Å². The summed E-state index contributed by atoms with van der Waals surface area (Å²) in [6, 6.07) is 18.0. The van der Waals surface area contributed by atoms with E-state index in [2.05, 4.69) is 29.3 Å². The number of rotatable bonds is 10. The molecule has 0 unspecified atom stereocenters. The standard InChI is InChI=1S/C21H27N3OS/c1-2-3-4-8-15-25-20-13-11-18(12-14-20)16-23-24-21(22)26-17-19-9-6-5-7-10-19/h5-7,9-14,16H,2-4,8,15,17H2,1H3,(H2,22,24). The molecule has 0 aromatic heterocycles. The van der Waals surface area contributed by atoms with Gasteiger partial charge in [0, 0.05) is 5.75 Å². The van der Waals surface area contributed by atoms with Crippen LogP contribution in [0.3, 0.4) is 0 Å². The van der Waals surface area contributed by atoms with Crippen LogP contribution in [0, 0.1) is 0 Å². The van der Waals surface area contributed by atoms with Gasteiger partial charge in [-0.3, -0.25) is 0 Å². The van der Waals surface area contributed by atoms with Crippen molar-refractivity contribution in [1.82, 2.24) is 0 Å². The lowest BCUT2D eigenvalue weighted by atomic mass is 10.2. The number of nitrogens with two attached hydrogens (primary N) is 1. The lowest BCUT2D eigenvalue weighted by Crippen LogP contribution is -2.05. The Hall–Kier alpha value is -2.27. The minimum absolute atomic E-state index is 0.456. The molecular weight excluding hydrogens is 342 g/mol. The Bertz CT molecular complexity index is 684. The van der Waals surface area contributed by atoms with Crippen molar-refractivity contribution in [2.24, 2.45) is 15.9 Å². The van der Waals surface area contributed by atoms with E-state index in [0.717, 1.165) is 30.1 Å². The summed E-state index contributed by atoms with van der Waals surface area (Å²) in [5.41, 5.74) is 8.06. The molecule has 0 aliphatic rings. The van der Waals surface area contributed by atoms with Gasteiger partial charge in [0.15, 0.2) is 5.17 Å². The van der Waals surface area contributed by atoms with Gasteiger partial charge in [-0.2, -0.15) is 5.10 Å². The molecule has 2 aromatic rings. The van der Waals surface area contributed by atoms with Crippen LogP contribution in [0.25, 0.3) is 0 Å². The first kappa shape index (κ1) is 20.0. The molecule has 0 bridgehead atoms. The SMILES string of the molecule is CCCCCCOc1ccc(C=NN=C(N)SCc2ccccc2)cc1. The quantitative estimate of drug-likeness (QED) is 0.270. The zero-order valence-electron chi connectivity index (χ0n) is 15.3. The highest BCUT2D eigenvalue weighted by Crippen LogP contribution is 2.13. The van der Waals surface area contributed by atoms with Crippen LogP contribution in [0.1, 0.15) is 43.7 Å². The highest BCUT2D eigenvalue weighted by Gasteiger charge is 1.97. The normalized spacial score (nSPS) is 11.8. The van der Waals surface area contributed by atoms with Crippen molar-refractivity contribution in [1.29, 1.82) is 0 Å². The fourth-order valence-corrected chi connectivity index (χ4v) is 2.89. The van der Waals surface area contributed by atoms with E-state index >= 15 is 0 Å². The summed E-state index contributed by atoms with van der Waals surface area (Å²) in [6.45, 7) is 2.98. The van der Waals surface area contributed by atoms with Crippen LogP contribution in [0.2, 0.25) is 0 Å². The third-order valence-electron chi connectivity index (χ3n) is 3.74. The smallest absolute Gasteiger partial charge is 0.180 e. The molecule has 2 aromatic carbocycles. The molecular formula is C21H27N3OS. The molecule has 0 atom stereocenters. The van der Waals surface area contributed by atoms with Crippen molar-refractivity contribution < 1.29 is 4.74 Å². The molecule has 138 valence electrons. The maximum atomic E-state index is 5.88. The molecule has 2 rings (SSSR count). The second-order valence-corrected chi connectivity index (χ2v) is 6.93. The number of nitrogens with zero attached hydrogens (tertiary/aromatic N) is 2. The number of amidine groups is 1. The zero-order chi connectivity index (χ0) is 18.5. The predicted octanol–water partition coefficient (Wildman–Crippen LogP) is 5.23. The lowest BCUT2D eigenvalue weighted by molar-refractivity contribution is 0.305. The monoisotopic (exact) mass is 369 g/mol. The number of benzene rings is 2. The van der Waals surface area contributed by atoms with Gasteiger partial charge in [-0.25, -0.2) is 0 Å². The number of hydrogen-bond acceptors (Lipinski definition) is 4. The molecule has 0 amide bonds. The topological polar surface area (TPSA) is 60.0 Å². The van der Waals surface area contributed by atoms with Gasteiger partial charge in [-0.15, -0.1) is 5.10 Å². The van der Waals surface area contributed by atoms with E-state index in [-0.39, 0.29) is 0 Å². The van der Waals surface area contributed by atoms with Gasteiger partial charge in [0.2, 0.25) is 0 Å². The highest BCUT2D eigenvalue weighted by atomic mass is 32.2. The van der Waals surface area contributed by atoms with E-state index in [1.807, 2.05) is 42.5 Å². The third kappa shape index (κ3) is 8.21. The fourth-order valence-electron chi connectivity index (χ4n) is 2.28. The van der Waals surface area contributed by atoms with Crippen LogP contribution in [-0.4, -0.2) is 18.0 Å². The molecule has 0 heterocycles. The van der Waals surface area contributed by atoms with Crippen LogP contribution < -0.4 is 10.5 Å². The molecule has 0 fully saturated rings. The fraction of sp³-hybridized carbons (Fsp3) is 0.333. The van der Waals surface area contributed by atoms with Crippen molar-refractivity contribution in [2.45, 2.75) is 38.4 Å². The van der Waals surface area contributed by atoms with Gasteiger partial charge >= 0.3 is 0 Å². The minimum atomic E-state index is 0.456. The van der Waals surface area contributed by atoms with Gasteiger partial charge in [0.25, 0.3) is 0 Å². The Morgan fingerprint density at radius 3 is 2.54 bits per heavy atom. The van der Waals surface area contributed by atoms with Crippen molar-refractivity contribution in [3.8, 4) is 5.75 Å². The maximum absolute atomic E-state index is 5.88. The first-order valence-corrected chi connectivity index (χ1v) is 10.0. The highest BCUT2D eigenvalue weighted by molar-refractivity contribution is 8.13. The van der Waals surface area contributed by atoms with Crippen LogP contribution >= 0.6 is 11.8 Å². The van der Waals surface area contributed by atoms with Crippen LogP contribution in [0.4, 0.5) is 0 Å². The summed E-state index contributed by atoms with van der Waals surface area (Å²) in [4.78, 5) is 0. The minimum Gasteiger partial charge on any atom is -0.494 e. The molecule has 5 heteroatoms. The summed E-state index contributed by atoms with van der Waals surface area (Å²) >= 11 is 1.48. The third-order valence-corrected chi connectivity index (χ3v) is 4.59. The summed E-state index contributed by atoms with van der Waals surface area (Å²) in [7, 11) is 0. The summed E-state index contributed by atoms with van der Waals surface area (Å²) in [5, 5.41) is 8.54. The van der Waals surface area contributed by atoms with Crippen molar-refractivity contribution in [2.75, 3.05) is 6.61 Å². The molecule has 0 radical (unpaired) electrons. The van der Waals surface area contributed by atoms with E-state index in [1.54, 1.807) is 6.21 Å². The van der Waals surface area contributed by atoms with Gasteiger partial charge in [-0.05, 0) is 41.8 Å². The van der Waals surface area contributed by atoms with Crippen molar-refractivity contribution in [3.63, 3.8) is 0 Å². The Morgan fingerprint density at radius 1 is 1.04 bits per heavy atom. The first-order chi connectivity index (χ1) is 12.8. The average molecular weight is 370 g/mol. The maximum Gasteiger partial charge on any atom is 0.180 e. The van der Waals surface area contributed by atoms with Gasteiger partial charge in [0.05, 0.1) is 12.8 Å². The van der Waals surface area contributed by atoms with E-state index in [9.17, 15) is 0 Å². The molecule has 0 saturated carbocycles. The number of unbranched alkanes of at least 4 members (excludes halogenated alkanes) is 3. The van der Waals surface area contributed by atoms with Crippen LogP contribution in [0.5, 0.6) is 5.75 Å². The second kappa shape index (κ2) is 12.1. The van der Waals surface area contributed by atoms with Crippen molar-refractivity contribution in [3.05, 3.63) is 65.7 Å². The molecule has 0 spiro atoms. The molecule has 2 N–H and O–H groups in total.